The monoisotopic (exact) mass is 315 g/mol. The van der Waals surface area contributed by atoms with E-state index in [0.29, 0.717) is 12.5 Å². The maximum Gasteiger partial charge on any atom is 0.213 e. The van der Waals surface area contributed by atoms with Crippen molar-refractivity contribution in [3.8, 4) is 17.0 Å². The Labute approximate surface area is 132 Å². The third-order valence-electron chi connectivity index (χ3n) is 3.83. The molecule has 0 atom stereocenters. The van der Waals surface area contributed by atoms with Crippen LogP contribution in [0.15, 0.2) is 24.3 Å². The molecule has 0 spiro atoms. The van der Waals surface area contributed by atoms with Crippen molar-refractivity contribution in [2.75, 3.05) is 6.61 Å². The molecule has 0 bridgehead atoms. The minimum Gasteiger partial charge on any atom is -0.493 e. The molecule has 1 N–H and O–H groups in total. The van der Waals surface area contributed by atoms with E-state index in [1.165, 1.54) is 12.8 Å². The van der Waals surface area contributed by atoms with Crippen molar-refractivity contribution in [2.45, 2.75) is 32.3 Å². The predicted molar refractivity (Wildman–Crippen MR) is 85.4 cm³/mol. The fourth-order valence-corrected chi connectivity index (χ4v) is 3.69. The summed E-state index contributed by atoms with van der Waals surface area (Å²) in [4.78, 5) is 5.55. The van der Waals surface area contributed by atoms with Gasteiger partial charge in [0.25, 0.3) is 0 Å². The maximum atomic E-state index is 9.81. The SMILES string of the molecule is CCOc1ccccc1-c1nc2sc(C3CC3)nn2c1CO. The number of hydrogen-bond acceptors (Lipinski definition) is 5. The molecule has 6 heteroatoms. The van der Waals surface area contributed by atoms with Crippen LogP contribution in [0.5, 0.6) is 5.75 Å². The third-order valence-corrected chi connectivity index (χ3v) is 4.90. The van der Waals surface area contributed by atoms with Crippen LogP contribution in [0.3, 0.4) is 0 Å². The second-order valence-corrected chi connectivity index (χ2v) is 6.39. The number of nitrogens with zero attached hydrogens (tertiary/aromatic N) is 3. The average Bonchev–Trinajstić information content (AvgIpc) is 3.21. The highest BCUT2D eigenvalue weighted by Crippen LogP contribution is 2.43. The molecule has 0 unspecified atom stereocenters. The largest absolute Gasteiger partial charge is 0.493 e. The first-order valence-electron chi connectivity index (χ1n) is 7.53. The zero-order valence-corrected chi connectivity index (χ0v) is 13.1. The molecule has 22 heavy (non-hydrogen) atoms. The van der Waals surface area contributed by atoms with Crippen LogP contribution >= 0.6 is 11.3 Å². The van der Waals surface area contributed by atoms with E-state index in [9.17, 15) is 5.11 Å². The zero-order valence-electron chi connectivity index (χ0n) is 12.3. The molecular formula is C16H17N3O2S. The number of aliphatic hydroxyl groups excluding tert-OH is 1. The van der Waals surface area contributed by atoms with E-state index >= 15 is 0 Å². The minimum atomic E-state index is -0.0925. The first kappa shape index (κ1) is 13.7. The Kier molecular flexibility index (Phi) is 3.35. The molecule has 2 heterocycles. The Morgan fingerprint density at radius 2 is 2.18 bits per heavy atom. The number of imidazole rings is 1. The molecular weight excluding hydrogens is 298 g/mol. The van der Waals surface area contributed by atoms with Gasteiger partial charge in [0, 0.05) is 11.5 Å². The Bertz CT molecular complexity index is 820. The summed E-state index contributed by atoms with van der Waals surface area (Å²) in [5.41, 5.74) is 2.39. The summed E-state index contributed by atoms with van der Waals surface area (Å²) < 4.78 is 7.48. The lowest BCUT2D eigenvalue weighted by molar-refractivity contribution is 0.274. The van der Waals surface area contributed by atoms with Crippen LogP contribution in [0, 0.1) is 0 Å². The fraction of sp³-hybridized carbons (Fsp3) is 0.375. The maximum absolute atomic E-state index is 9.81. The number of para-hydroxylation sites is 1. The van der Waals surface area contributed by atoms with Crippen molar-refractivity contribution in [1.82, 2.24) is 14.6 Å². The van der Waals surface area contributed by atoms with Gasteiger partial charge in [-0.3, -0.25) is 0 Å². The van der Waals surface area contributed by atoms with Gasteiger partial charge in [-0.05, 0) is 31.9 Å². The quantitative estimate of drug-likeness (QED) is 0.785. The van der Waals surface area contributed by atoms with Crippen LogP contribution in [-0.4, -0.2) is 26.3 Å². The normalized spacial score (nSPS) is 14.6. The van der Waals surface area contributed by atoms with E-state index in [1.54, 1.807) is 15.9 Å². The van der Waals surface area contributed by atoms with Crippen molar-refractivity contribution in [3.63, 3.8) is 0 Å². The van der Waals surface area contributed by atoms with Gasteiger partial charge in [-0.25, -0.2) is 9.50 Å². The first-order chi connectivity index (χ1) is 10.8. The van der Waals surface area contributed by atoms with Gasteiger partial charge in [-0.15, -0.1) is 0 Å². The summed E-state index contributed by atoms with van der Waals surface area (Å²) in [5, 5.41) is 15.6. The smallest absolute Gasteiger partial charge is 0.213 e. The molecule has 0 saturated heterocycles. The summed E-state index contributed by atoms with van der Waals surface area (Å²) in [7, 11) is 0. The molecule has 0 aliphatic heterocycles. The van der Waals surface area contributed by atoms with E-state index in [4.69, 9.17) is 9.72 Å². The van der Waals surface area contributed by atoms with Crippen molar-refractivity contribution in [2.24, 2.45) is 0 Å². The number of fused-ring (bicyclic) bond motifs is 1. The lowest BCUT2D eigenvalue weighted by atomic mass is 10.1. The summed E-state index contributed by atoms with van der Waals surface area (Å²) in [6.45, 7) is 2.46. The van der Waals surface area contributed by atoms with Crippen LogP contribution < -0.4 is 4.74 Å². The van der Waals surface area contributed by atoms with Crippen LogP contribution in [0.25, 0.3) is 16.2 Å². The van der Waals surface area contributed by atoms with Gasteiger partial charge < -0.3 is 9.84 Å². The summed E-state index contributed by atoms with van der Waals surface area (Å²) in [6, 6.07) is 7.79. The highest BCUT2D eigenvalue weighted by Gasteiger charge is 2.29. The number of aromatic nitrogens is 3. The molecule has 0 amide bonds. The summed E-state index contributed by atoms with van der Waals surface area (Å²) >= 11 is 1.62. The number of ether oxygens (including phenoxy) is 1. The number of benzene rings is 1. The molecule has 1 aliphatic carbocycles. The van der Waals surface area contributed by atoms with Crippen molar-refractivity contribution in [3.05, 3.63) is 35.0 Å². The van der Waals surface area contributed by atoms with Gasteiger partial charge in [0.1, 0.15) is 16.5 Å². The Morgan fingerprint density at radius 3 is 2.91 bits per heavy atom. The minimum absolute atomic E-state index is 0.0925. The van der Waals surface area contributed by atoms with Gasteiger partial charge >= 0.3 is 0 Å². The highest BCUT2D eigenvalue weighted by molar-refractivity contribution is 7.16. The Balaban J connectivity index is 1.86. The van der Waals surface area contributed by atoms with Gasteiger partial charge in [-0.2, -0.15) is 5.10 Å². The van der Waals surface area contributed by atoms with E-state index in [-0.39, 0.29) is 6.61 Å². The second kappa shape index (κ2) is 5.37. The number of hydrogen-bond donors (Lipinski definition) is 1. The topological polar surface area (TPSA) is 59.7 Å². The molecule has 1 fully saturated rings. The molecule has 1 aromatic carbocycles. The highest BCUT2D eigenvalue weighted by atomic mass is 32.1. The molecule has 4 rings (SSSR count). The molecule has 3 aromatic rings. The third kappa shape index (κ3) is 2.19. The van der Waals surface area contributed by atoms with Crippen LogP contribution in [0.4, 0.5) is 0 Å². The molecule has 2 aromatic heterocycles. The van der Waals surface area contributed by atoms with E-state index < -0.39 is 0 Å². The molecule has 1 saturated carbocycles. The summed E-state index contributed by atoms with van der Waals surface area (Å²) in [6.07, 6.45) is 2.43. The first-order valence-corrected chi connectivity index (χ1v) is 8.34. The lowest BCUT2D eigenvalue weighted by Gasteiger charge is -2.09. The second-order valence-electron chi connectivity index (χ2n) is 5.40. The van der Waals surface area contributed by atoms with Gasteiger partial charge in [0.05, 0.1) is 18.9 Å². The Hall–Kier alpha value is -1.92. The van der Waals surface area contributed by atoms with Gasteiger partial charge in [0.2, 0.25) is 4.96 Å². The van der Waals surface area contributed by atoms with Crippen molar-refractivity contribution >= 4 is 16.3 Å². The van der Waals surface area contributed by atoms with Crippen molar-refractivity contribution < 1.29 is 9.84 Å². The molecule has 114 valence electrons. The zero-order chi connectivity index (χ0) is 15.1. The van der Waals surface area contributed by atoms with E-state index in [0.717, 1.165) is 32.7 Å². The molecule has 0 radical (unpaired) electrons. The lowest BCUT2D eigenvalue weighted by Crippen LogP contribution is -1.98. The van der Waals surface area contributed by atoms with E-state index in [2.05, 4.69) is 5.10 Å². The van der Waals surface area contributed by atoms with Crippen molar-refractivity contribution in [1.29, 1.82) is 0 Å². The van der Waals surface area contributed by atoms with Crippen LogP contribution in [0.1, 0.15) is 36.4 Å². The Morgan fingerprint density at radius 1 is 1.36 bits per heavy atom. The average molecular weight is 315 g/mol. The summed E-state index contributed by atoms with van der Waals surface area (Å²) in [5.74, 6) is 1.38. The van der Waals surface area contributed by atoms with Gasteiger partial charge in [-0.1, -0.05) is 23.5 Å². The number of rotatable bonds is 5. The van der Waals surface area contributed by atoms with Crippen LogP contribution in [0.2, 0.25) is 0 Å². The predicted octanol–water partition coefficient (Wildman–Crippen LogP) is 3.23. The molecule has 5 nitrogen and oxygen atoms in total. The number of aliphatic hydroxyl groups is 1. The molecule has 1 aliphatic rings. The van der Waals surface area contributed by atoms with Gasteiger partial charge in [0.15, 0.2) is 0 Å². The van der Waals surface area contributed by atoms with Crippen LogP contribution in [-0.2, 0) is 6.61 Å². The van der Waals surface area contributed by atoms with E-state index in [1.807, 2.05) is 31.2 Å². The standard InChI is InChI=1S/C16H17N3O2S/c1-2-21-13-6-4-3-5-11(13)14-12(9-20)19-16(17-14)22-15(18-19)10-7-8-10/h3-6,10,20H,2,7-9H2,1H3. The fourth-order valence-electron chi connectivity index (χ4n) is 2.60.